The summed E-state index contributed by atoms with van der Waals surface area (Å²) in [5.74, 6) is 1.66. The van der Waals surface area contributed by atoms with Gasteiger partial charge >= 0.3 is 0 Å². The fourth-order valence-electron chi connectivity index (χ4n) is 4.38. The Balaban J connectivity index is 1.83. The molecule has 2 unspecified atom stereocenters. The van der Waals surface area contributed by atoms with E-state index in [0.717, 1.165) is 40.7 Å². The van der Waals surface area contributed by atoms with Gasteiger partial charge in [-0.25, -0.2) is 0 Å². The zero-order chi connectivity index (χ0) is 21.9. The minimum Gasteiger partial charge on any atom is -0.386 e. The highest BCUT2D eigenvalue weighted by molar-refractivity contribution is 5.68. The summed E-state index contributed by atoms with van der Waals surface area (Å²) >= 11 is 0. The molecule has 0 spiro atoms. The lowest BCUT2D eigenvalue weighted by molar-refractivity contribution is 0.122. The molecule has 1 aliphatic rings. The first-order valence-corrected chi connectivity index (χ1v) is 11.4. The Hall–Kier alpha value is -2.19. The highest BCUT2D eigenvalue weighted by Crippen LogP contribution is 2.50. The quantitative estimate of drug-likeness (QED) is 0.464. The second-order valence-corrected chi connectivity index (χ2v) is 9.35. The monoisotopic (exact) mass is 403 g/mol. The third-order valence-corrected chi connectivity index (χ3v) is 6.46. The van der Waals surface area contributed by atoms with Crippen molar-refractivity contribution in [3.05, 3.63) is 70.6 Å². The minimum atomic E-state index is -0.857. The van der Waals surface area contributed by atoms with Gasteiger partial charge in [-0.3, -0.25) is 4.98 Å². The highest BCUT2D eigenvalue weighted by Gasteiger charge is 2.36. The molecular weight excluding hydrogens is 366 g/mol. The predicted molar refractivity (Wildman–Crippen MR) is 128 cm³/mol. The van der Waals surface area contributed by atoms with Gasteiger partial charge in [-0.1, -0.05) is 68.7 Å². The van der Waals surface area contributed by atoms with E-state index in [1.54, 1.807) is 0 Å². The van der Waals surface area contributed by atoms with E-state index in [0.29, 0.717) is 0 Å². The molecule has 2 atom stereocenters. The standard InChI is InChI=1S/C28H37NO/c1-7-9-24-17-26(24)22-12-10-21(11-13-22)25-16-23(20(4)29-18-25)14-15-27(19(3)8-2)28(5,6)30/h10-16,18,24,26,30H,7-9,17H2,1-6H3/b15-14-,27-19?. The smallest absolute Gasteiger partial charge is 0.0840 e. The van der Waals surface area contributed by atoms with Gasteiger partial charge in [0.2, 0.25) is 0 Å². The molecule has 30 heavy (non-hydrogen) atoms. The van der Waals surface area contributed by atoms with Crippen molar-refractivity contribution in [3.63, 3.8) is 0 Å². The number of pyridine rings is 1. The summed E-state index contributed by atoms with van der Waals surface area (Å²) < 4.78 is 0. The zero-order valence-electron chi connectivity index (χ0n) is 19.5. The molecular formula is C28H37NO. The largest absolute Gasteiger partial charge is 0.386 e. The number of aryl methyl sites for hydroxylation is 1. The topological polar surface area (TPSA) is 33.1 Å². The molecule has 0 bridgehead atoms. The van der Waals surface area contributed by atoms with Crippen LogP contribution in [0.1, 0.15) is 83.0 Å². The molecule has 2 nitrogen and oxygen atoms in total. The summed E-state index contributed by atoms with van der Waals surface area (Å²) in [6.07, 6.45) is 11.0. The maximum absolute atomic E-state index is 10.6. The number of aromatic nitrogens is 1. The predicted octanol–water partition coefficient (Wildman–Crippen LogP) is 7.47. The molecule has 1 fully saturated rings. The molecule has 0 amide bonds. The second-order valence-electron chi connectivity index (χ2n) is 9.35. The van der Waals surface area contributed by atoms with Crippen LogP contribution in [0.2, 0.25) is 0 Å². The van der Waals surface area contributed by atoms with Crippen molar-refractivity contribution in [3.8, 4) is 11.1 Å². The molecule has 1 aromatic heterocycles. The van der Waals surface area contributed by atoms with E-state index in [1.807, 2.05) is 27.0 Å². The first kappa shape index (κ1) is 22.5. The molecule has 1 heterocycles. The number of nitrogens with zero attached hydrogens (tertiary/aromatic N) is 1. The Morgan fingerprint density at radius 2 is 1.87 bits per heavy atom. The lowest BCUT2D eigenvalue weighted by Crippen LogP contribution is -2.22. The average Bonchev–Trinajstić information content (AvgIpc) is 3.48. The van der Waals surface area contributed by atoms with Gasteiger partial charge < -0.3 is 5.11 Å². The fraction of sp³-hybridized carbons (Fsp3) is 0.464. The van der Waals surface area contributed by atoms with Gasteiger partial charge in [-0.05, 0) is 80.7 Å². The van der Waals surface area contributed by atoms with Crippen LogP contribution in [0.15, 0.2) is 53.8 Å². The summed E-state index contributed by atoms with van der Waals surface area (Å²) in [7, 11) is 0. The maximum atomic E-state index is 10.6. The van der Waals surface area contributed by atoms with Crippen molar-refractivity contribution in [1.29, 1.82) is 0 Å². The maximum Gasteiger partial charge on any atom is 0.0840 e. The first-order chi connectivity index (χ1) is 14.2. The van der Waals surface area contributed by atoms with Gasteiger partial charge in [-0.2, -0.15) is 0 Å². The molecule has 1 saturated carbocycles. The lowest BCUT2D eigenvalue weighted by Gasteiger charge is -2.22. The molecule has 2 aromatic rings. The van der Waals surface area contributed by atoms with Crippen LogP contribution < -0.4 is 0 Å². The Morgan fingerprint density at radius 3 is 2.47 bits per heavy atom. The number of aliphatic hydroxyl groups is 1. The van der Waals surface area contributed by atoms with Crippen LogP contribution in [0, 0.1) is 12.8 Å². The SMILES string of the molecule is CCCC1CC1c1ccc(-c2cnc(C)c(/C=C\C(=C(C)CC)C(C)(C)O)c2)cc1. The van der Waals surface area contributed by atoms with Crippen molar-refractivity contribution < 1.29 is 5.11 Å². The third-order valence-electron chi connectivity index (χ3n) is 6.46. The van der Waals surface area contributed by atoms with Crippen molar-refractivity contribution >= 4 is 6.08 Å². The molecule has 1 aliphatic carbocycles. The normalized spacial score (nSPS) is 19.8. The number of benzene rings is 1. The zero-order valence-corrected chi connectivity index (χ0v) is 19.5. The van der Waals surface area contributed by atoms with E-state index >= 15 is 0 Å². The molecule has 0 aliphatic heterocycles. The Bertz CT molecular complexity index is 928. The van der Waals surface area contributed by atoms with Gasteiger partial charge in [0.15, 0.2) is 0 Å². The Labute approximate surface area is 182 Å². The van der Waals surface area contributed by atoms with Crippen molar-refractivity contribution in [1.82, 2.24) is 4.98 Å². The average molecular weight is 404 g/mol. The molecule has 3 rings (SSSR count). The number of hydrogen-bond donors (Lipinski definition) is 1. The van der Waals surface area contributed by atoms with E-state index < -0.39 is 5.60 Å². The van der Waals surface area contributed by atoms with Crippen molar-refractivity contribution in [2.24, 2.45) is 5.92 Å². The molecule has 0 radical (unpaired) electrons. The van der Waals surface area contributed by atoms with Gasteiger partial charge in [-0.15, -0.1) is 0 Å². The van der Waals surface area contributed by atoms with Gasteiger partial charge in [0.1, 0.15) is 0 Å². The summed E-state index contributed by atoms with van der Waals surface area (Å²) in [6, 6.07) is 11.3. The van der Waals surface area contributed by atoms with E-state index in [1.165, 1.54) is 36.0 Å². The van der Waals surface area contributed by atoms with Crippen LogP contribution in [0.4, 0.5) is 0 Å². The number of rotatable bonds is 8. The van der Waals surface area contributed by atoms with Gasteiger partial charge in [0, 0.05) is 17.5 Å². The lowest BCUT2D eigenvalue weighted by atomic mass is 9.91. The Kier molecular flexibility index (Phi) is 6.98. The first-order valence-electron chi connectivity index (χ1n) is 11.4. The van der Waals surface area contributed by atoms with E-state index in [2.05, 4.69) is 68.2 Å². The van der Waals surface area contributed by atoms with E-state index in [9.17, 15) is 5.11 Å². The Morgan fingerprint density at radius 1 is 1.17 bits per heavy atom. The fourth-order valence-corrected chi connectivity index (χ4v) is 4.38. The molecule has 2 heteroatoms. The summed E-state index contributed by atoms with van der Waals surface area (Å²) in [6.45, 7) is 12.2. The molecule has 1 aromatic carbocycles. The van der Waals surface area contributed by atoms with Crippen LogP contribution in [0.5, 0.6) is 0 Å². The third kappa shape index (κ3) is 5.29. The van der Waals surface area contributed by atoms with E-state index in [-0.39, 0.29) is 0 Å². The number of hydrogen-bond acceptors (Lipinski definition) is 2. The minimum absolute atomic E-state index is 0.766. The molecule has 1 N–H and O–H groups in total. The van der Waals surface area contributed by atoms with Crippen LogP contribution in [-0.2, 0) is 0 Å². The summed E-state index contributed by atoms with van der Waals surface area (Å²) in [5, 5.41) is 10.6. The van der Waals surface area contributed by atoms with Gasteiger partial charge in [0.25, 0.3) is 0 Å². The van der Waals surface area contributed by atoms with Crippen molar-refractivity contribution in [2.75, 3.05) is 0 Å². The second kappa shape index (κ2) is 9.31. The van der Waals surface area contributed by atoms with Gasteiger partial charge in [0.05, 0.1) is 5.60 Å². The van der Waals surface area contributed by atoms with Crippen LogP contribution in [0.25, 0.3) is 17.2 Å². The van der Waals surface area contributed by atoms with E-state index in [4.69, 9.17) is 0 Å². The highest BCUT2D eigenvalue weighted by atomic mass is 16.3. The number of allylic oxidation sites excluding steroid dienone is 1. The van der Waals surface area contributed by atoms with Crippen molar-refractivity contribution in [2.45, 2.75) is 78.7 Å². The summed E-state index contributed by atoms with van der Waals surface area (Å²) in [4.78, 5) is 4.64. The molecule has 0 saturated heterocycles. The van der Waals surface area contributed by atoms with Crippen LogP contribution in [-0.4, -0.2) is 15.7 Å². The molecule has 160 valence electrons. The van der Waals surface area contributed by atoms with Crippen LogP contribution >= 0.6 is 0 Å². The van der Waals surface area contributed by atoms with Crippen LogP contribution in [0.3, 0.4) is 0 Å². The summed E-state index contributed by atoms with van der Waals surface area (Å²) in [5.41, 5.74) is 7.23.